The number of aromatic hydroxyl groups is 1. The molecule has 2 aromatic heterocycles. The number of allylic oxidation sites excluding steroid dienone is 2. The molecule has 6 rings (SSSR count). The second-order valence-corrected chi connectivity index (χ2v) is 11.3. The quantitative estimate of drug-likeness (QED) is 0.157. The van der Waals surface area contributed by atoms with Crippen molar-refractivity contribution < 1.29 is 37.6 Å². The lowest BCUT2D eigenvalue weighted by Crippen LogP contribution is -1.94. The number of fused-ring (bicyclic) bond motifs is 2. The van der Waals surface area contributed by atoms with Crippen LogP contribution in [0.5, 0.6) is 40.2 Å². The molecule has 0 saturated heterocycles. The van der Waals surface area contributed by atoms with Gasteiger partial charge >= 0.3 is 0 Å². The minimum Gasteiger partial charge on any atom is -0.502 e. The molecule has 0 fully saturated rings. The van der Waals surface area contributed by atoms with Crippen LogP contribution in [0.3, 0.4) is 0 Å². The molecule has 246 valence electrons. The Morgan fingerprint density at radius 1 is 0.542 bits per heavy atom. The molecule has 48 heavy (non-hydrogen) atoms. The largest absolute Gasteiger partial charge is 0.502 e. The van der Waals surface area contributed by atoms with Crippen molar-refractivity contribution in [2.45, 2.75) is 27.7 Å². The van der Waals surface area contributed by atoms with Crippen molar-refractivity contribution >= 4 is 34.1 Å². The van der Waals surface area contributed by atoms with Crippen LogP contribution < -0.4 is 23.7 Å². The first-order chi connectivity index (χ1) is 23.2. The number of ether oxygens (including phenoxy) is 5. The zero-order valence-electron chi connectivity index (χ0n) is 28.3. The third kappa shape index (κ3) is 5.59. The molecule has 1 N–H and O–H groups in total. The molecule has 0 saturated carbocycles. The molecule has 8 heteroatoms. The van der Waals surface area contributed by atoms with Gasteiger partial charge in [-0.3, -0.25) is 0 Å². The Morgan fingerprint density at radius 3 is 1.52 bits per heavy atom. The molecule has 6 aromatic rings. The van der Waals surface area contributed by atoms with Gasteiger partial charge in [-0.2, -0.15) is 0 Å². The molecule has 0 amide bonds. The lowest BCUT2D eigenvalue weighted by molar-refractivity contribution is 0.344. The lowest BCUT2D eigenvalue weighted by atomic mass is 10.0. The fourth-order valence-electron chi connectivity index (χ4n) is 6.01. The van der Waals surface area contributed by atoms with Crippen LogP contribution in [-0.2, 0) is 0 Å². The Labute approximate surface area is 279 Å². The average molecular weight is 647 g/mol. The second-order valence-electron chi connectivity index (χ2n) is 11.3. The maximum atomic E-state index is 11.2. The first-order valence-corrected chi connectivity index (χ1v) is 15.5. The van der Waals surface area contributed by atoms with Crippen LogP contribution in [0.4, 0.5) is 0 Å². The minimum atomic E-state index is -0.161. The number of benzene rings is 4. The van der Waals surface area contributed by atoms with Gasteiger partial charge in [-0.1, -0.05) is 24.3 Å². The number of phenols is 1. The average Bonchev–Trinajstić information content (AvgIpc) is 3.61. The highest BCUT2D eigenvalue weighted by atomic mass is 16.5. The third-order valence-electron chi connectivity index (χ3n) is 8.38. The summed E-state index contributed by atoms with van der Waals surface area (Å²) in [7, 11) is 6.30. The van der Waals surface area contributed by atoms with E-state index in [1.807, 2.05) is 76.3 Å². The van der Waals surface area contributed by atoms with Gasteiger partial charge in [0.15, 0.2) is 45.7 Å². The van der Waals surface area contributed by atoms with E-state index in [1.165, 1.54) is 7.11 Å². The molecule has 0 aliphatic heterocycles. The number of hydrogen-bond donors (Lipinski definition) is 1. The normalized spacial score (nSPS) is 11.7. The fraction of sp³-hybridized carbons (Fsp3) is 0.200. The van der Waals surface area contributed by atoms with Crippen LogP contribution in [0.2, 0.25) is 0 Å². The van der Waals surface area contributed by atoms with Gasteiger partial charge < -0.3 is 37.6 Å². The SMILES string of the molecule is CC=Cc1cc(OC)c2oc(-c3ccc(Oc4cc(-c5oc6c(OC)cc(C=CC)cc6c5C)cc(OC)c4O)c(OC)c3)c(C)c2c1. The number of rotatable bonds is 10. The summed E-state index contributed by atoms with van der Waals surface area (Å²) in [5.41, 5.74) is 6.64. The summed E-state index contributed by atoms with van der Waals surface area (Å²) in [6, 6.07) is 17.0. The van der Waals surface area contributed by atoms with Gasteiger partial charge in [0.05, 0.1) is 28.4 Å². The summed E-state index contributed by atoms with van der Waals surface area (Å²) in [5, 5.41) is 13.0. The first kappa shape index (κ1) is 32.2. The van der Waals surface area contributed by atoms with Gasteiger partial charge in [-0.25, -0.2) is 0 Å². The summed E-state index contributed by atoms with van der Waals surface area (Å²) in [6.45, 7) is 7.95. The Balaban J connectivity index is 1.41. The minimum absolute atomic E-state index is 0.161. The molecular formula is C40H38O8. The highest BCUT2D eigenvalue weighted by Gasteiger charge is 2.23. The number of hydrogen-bond acceptors (Lipinski definition) is 8. The Kier molecular flexibility index (Phi) is 8.82. The summed E-state index contributed by atoms with van der Waals surface area (Å²) in [4.78, 5) is 0. The second kappa shape index (κ2) is 13.2. The lowest BCUT2D eigenvalue weighted by Gasteiger charge is -2.15. The molecule has 8 nitrogen and oxygen atoms in total. The number of aryl methyl sites for hydroxylation is 2. The van der Waals surface area contributed by atoms with Crippen LogP contribution in [0.25, 0.3) is 56.7 Å². The number of methoxy groups -OCH3 is 4. The molecule has 0 radical (unpaired) electrons. The summed E-state index contributed by atoms with van der Waals surface area (Å²) < 4.78 is 41.7. The van der Waals surface area contributed by atoms with E-state index in [4.69, 9.17) is 32.5 Å². The van der Waals surface area contributed by atoms with Crippen LogP contribution in [-0.4, -0.2) is 33.5 Å². The van der Waals surface area contributed by atoms with Gasteiger partial charge in [-0.05, 0) is 93.4 Å². The Bertz CT molecular complexity index is 2210. The van der Waals surface area contributed by atoms with Crippen molar-refractivity contribution in [1.82, 2.24) is 0 Å². The van der Waals surface area contributed by atoms with E-state index in [2.05, 4.69) is 12.1 Å². The van der Waals surface area contributed by atoms with E-state index in [0.29, 0.717) is 51.2 Å². The van der Waals surface area contributed by atoms with E-state index in [1.54, 1.807) is 39.5 Å². The third-order valence-corrected chi connectivity index (χ3v) is 8.38. The van der Waals surface area contributed by atoms with Crippen molar-refractivity contribution in [1.29, 1.82) is 0 Å². The van der Waals surface area contributed by atoms with Crippen LogP contribution >= 0.6 is 0 Å². The summed E-state index contributed by atoms with van der Waals surface area (Å²) in [5.74, 6) is 3.62. The predicted molar refractivity (Wildman–Crippen MR) is 190 cm³/mol. The van der Waals surface area contributed by atoms with Crippen molar-refractivity contribution in [3.05, 3.63) is 89.0 Å². The van der Waals surface area contributed by atoms with Crippen molar-refractivity contribution in [3.8, 4) is 62.9 Å². The summed E-state index contributed by atoms with van der Waals surface area (Å²) >= 11 is 0. The molecule has 0 bridgehead atoms. The standard InChI is InChI=1S/C40H38O8/c1-9-11-24-15-28-22(3)37(47-39(28)34(17-24)44-7)26-13-14-30(31(19-26)42-5)46-33-21-27(20-32(43-6)36(33)41)38-23(4)29-16-25(12-10-2)18-35(45-8)40(29)48-38/h9-21,41H,1-8H3. The Morgan fingerprint density at radius 2 is 1.02 bits per heavy atom. The van der Waals surface area contributed by atoms with E-state index in [-0.39, 0.29) is 17.2 Å². The zero-order valence-corrected chi connectivity index (χ0v) is 28.3. The van der Waals surface area contributed by atoms with Crippen molar-refractivity contribution in [2.24, 2.45) is 0 Å². The van der Waals surface area contributed by atoms with Crippen LogP contribution in [0.15, 0.2) is 75.6 Å². The van der Waals surface area contributed by atoms with Gasteiger partial charge in [0.2, 0.25) is 5.75 Å². The molecule has 0 aliphatic carbocycles. The molecule has 0 unspecified atom stereocenters. The van der Waals surface area contributed by atoms with Gasteiger partial charge in [0.1, 0.15) is 11.5 Å². The number of phenolic OH excluding ortho intramolecular Hbond substituents is 1. The monoisotopic (exact) mass is 646 g/mol. The van der Waals surface area contributed by atoms with Gasteiger partial charge in [-0.15, -0.1) is 0 Å². The molecule has 0 spiro atoms. The first-order valence-electron chi connectivity index (χ1n) is 15.5. The molecule has 2 heterocycles. The van der Waals surface area contributed by atoms with Crippen molar-refractivity contribution in [2.75, 3.05) is 28.4 Å². The van der Waals surface area contributed by atoms with Gasteiger partial charge in [0, 0.05) is 33.0 Å². The smallest absolute Gasteiger partial charge is 0.201 e. The topological polar surface area (TPSA) is 92.7 Å². The van der Waals surface area contributed by atoms with Crippen LogP contribution in [0.1, 0.15) is 36.1 Å². The molecule has 0 aliphatic rings. The fourth-order valence-corrected chi connectivity index (χ4v) is 6.01. The van der Waals surface area contributed by atoms with E-state index < -0.39 is 0 Å². The van der Waals surface area contributed by atoms with E-state index >= 15 is 0 Å². The maximum absolute atomic E-state index is 11.2. The van der Waals surface area contributed by atoms with Gasteiger partial charge in [0.25, 0.3) is 0 Å². The van der Waals surface area contributed by atoms with Crippen molar-refractivity contribution in [3.63, 3.8) is 0 Å². The predicted octanol–water partition coefficient (Wildman–Crippen LogP) is 10.7. The van der Waals surface area contributed by atoms with Crippen LogP contribution in [0, 0.1) is 13.8 Å². The highest BCUT2D eigenvalue weighted by molar-refractivity contribution is 5.95. The van der Waals surface area contributed by atoms with E-state index in [0.717, 1.165) is 38.6 Å². The number of furan rings is 2. The molecular weight excluding hydrogens is 608 g/mol. The molecule has 0 atom stereocenters. The van der Waals surface area contributed by atoms with E-state index in [9.17, 15) is 5.11 Å². The maximum Gasteiger partial charge on any atom is 0.201 e. The zero-order chi connectivity index (χ0) is 34.1. The summed E-state index contributed by atoms with van der Waals surface area (Å²) in [6.07, 6.45) is 7.99. The Hall–Kier alpha value is -5.76. The molecule has 4 aromatic carbocycles. The highest BCUT2D eigenvalue weighted by Crippen LogP contribution is 2.48.